The molecule has 4 rings (SSSR count). The van der Waals surface area contributed by atoms with Crippen molar-refractivity contribution in [3.05, 3.63) is 28.9 Å². The van der Waals surface area contributed by atoms with Crippen LogP contribution in [0.3, 0.4) is 0 Å². The highest BCUT2D eigenvalue weighted by atomic mass is 32.2. The highest BCUT2D eigenvalue weighted by molar-refractivity contribution is 7.92. The molecule has 0 atom stereocenters. The van der Waals surface area contributed by atoms with E-state index in [0.29, 0.717) is 39.8 Å². The maximum absolute atomic E-state index is 13.6. The Labute approximate surface area is 198 Å². The van der Waals surface area contributed by atoms with Gasteiger partial charge < -0.3 is 14.9 Å². The van der Waals surface area contributed by atoms with Gasteiger partial charge in [0.15, 0.2) is 9.84 Å². The normalized spacial score (nSPS) is 21.9. The van der Waals surface area contributed by atoms with E-state index in [-0.39, 0.29) is 10.6 Å². The SMILES string of the molecule is COc1ccc(-c2c(C)nc3sc(C(C)(C)O)nn23)cc1S(=O)(=O)[C@H]1C[C@](C)(C(C)(C)O)C1. The molecule has 3 aromatic rings. The lowest BCUT2D eigenvalue weighted by atomic mass is 9.61. The summed E-state index contributed by atoms with van der Waals surface area (Å²) in [5, 5.41) is 25.3. The van der Waals surface area contributed by atoms with E-state index in [2.05, 4.69) is 10.1 Å². The van der Waals surface area contributed by atoms with E-state index in [9.17, 15) is 18.6 Å². The first-order valence-corrected chi connectivity index (χ1v) is 13.2. The Morgan fingerprint density at radius 1 is 1.21 bits per heavy atom. The summed E-state index contributed by atoms with van der Waals surface area (Å²) in [6.45, 7) is 10.5. The number of sulfone groups is 1. The fourth-order valence-corrected chi connectivity index (χ4v) is 7.52. The molecule has 1 aliphatic rings. The van der Waals surface area contributed by atoms with Crippen molar-refractivity contribution < 1.29 is 23.4 Å². The van der Waals surface area contributed by atoms with Crippen LogP contribution < -0.4 is 4.74 Å². The Balaban J connectivity index is 1.79. The molecule has 0 bridgehead atoms. The lowest BCUT2D eigenvalue weighted by Gasteiger charge is -2.51. The molecule has 180 valence electrons. The Bertz CT molecular complexity index is 1320. The minimum Gasteiger partial charge on any atom is -0.495 e. The van der Waals surface area contributed by atoms with Crippen LogP contribution in [0.5, 0.6) is 5.75 Å². The predicted molar refractivity (Wildman–Crippen MR) is 127 cm³/mol. The molecule has 0 saturated heterocycles. The van der Waals surface area contributed by atoms with Crippen molar-refractivity contribution in [2.24, 2.45) is 5.41 Å². The molecule has 33 heavy (non-hydrogen) atoms. The molecule has 1 fully saturated rings. The van der Waals surface area contributed by atoms with Gasteiger partial charge in [-0.2, -0.15) is 5.10 Å². The minimum absolute atomic E-state index is 0.123. The van der Waals surface area contributed by atoms with Crippen LogP contribution in [-0.2, 0) is 15.4 Å². The third kappa shape index (κ3) is 3.86. The highest BCUT2D eigenvalue weighted by Gasteiger charge is 2.54. The molecule has 2 aromatic heterocycles. The molecule has 0 unspecified atom stereocenters. The van der Waals surface area contributed by atoms with E-state index >= 15 is 0 Å². The number of aromatic nitrogens is 3. The quantitative estimate of drug-likeness (QED) is 0.538. The Kier molecular flexibility index (Phi) is 5.48. The van der Waals surface area contributed by atoms with E-state index in [0.717, 1.165) is 0 Å². The second-order valence-corrected chi connectivity index (χ2v) is 13.4. The Morgan fingerprint density at radius 2 is 1.85 bits per heavy atom. The van der Waals surface area contributed by atoms with Gasteiger partial charge in [0.05, 0.1) is 29.3 Å². The van der Waals surface area contributed by atoms with Crippen LogP contribution >= 0.6 is 11.3 Å². The third-order valence-corrected chi connectivity index (χ3v) is 10.3. The lowest BCUT2D eigenvalue weighted by Crippen LogP contribution is -2.54. The summed E-state index contributed by atoms with van der Waals surface area (Å²) in [5.41, 5.74) is -0.501. The van der Waals surface area contributed by atoms with Crippen LogP contribution in [0.1, 0.15) is 58.2 Å². The highest BCUT2D eigenvalue weighted by Crippen LogP contribution is 2.53. The van der Waals surface area contributed by atoms with Crippen LogP contribution in [0.25, 0.3) is 16.2 Å². The smallest absolute Gasteiger partial charge is 0.213 e. The molecule has 0 spiro atoms. The fourth-order valence-electron chi connectivity index (χ4n) is 4.32. The molecule has 8 nitrogen and oxygen atoms in total. The molecule has 1 aromatic carbocycles. The van der Waals surface area contributed by atoms with Crippen molar-refractivity contribution in [2.75, 3.05) is 7.11 Å². The number of aryl methyl sites for hydroxylation is 1. The monoisotopic (exact) mass is 493 g/mol. The van der Waals surface area contributed by atoms with Crippen LogP contribution in [0, 0.1) is 12.3 Å². The summed E-state index contributed by atoms with van der Waals surface area (Å²) in [4.78, 5) is 5.31. The average Bonchev–Trinajstić information content (AvgIpc) is 3.20. The first-order valence-electron chi connectivity index (χ1n) is 10.8. The molecule has 0 amide bonds. The fraction of sp³-hybridized carbons (Fsp3) is 0.565. The van der Waals surface area contributed by atoms with Crippen molar-refractivity contribution in [1.82, 2.24) is 14.6 Å². The van der Waals surface area contributed by atoms with Gasteiger partial charge in [-0.15, -0.1) is 0 Å². The molecule has 1 saturated carbocycles. The number of fused-ring (bicyclic) bond motifs is 1. The lowest BCUT2D eigenvalue weighted by molar-refractivity contribution is -0.0881. The zero-order valence-corrected chi connectivity index (χ0v) is 21.6. The van der Waals surface area contributed by atoms with Gasteiger partial charge in [0.2, 0.25) is 4.96 Å². The number of rotatable bonds is 6. The van der Waals surface area contributed by atoms with E-state index in [4.69, 9.17) is 4.74 Å². The predicted octanol–water partition coefficient (Wildman–Crippen LogP) is 3.72. The second-order valence-electron chi connectivity index (χ2n) is 10.3. The summed E-state index contributed by atoms with van der Waals surface area (Å²) < 4.78 is 34.2. The van der Waals surface area contributed by atoms with Gasteiger partial charge in [0.25, 0.3) is 0 Å². The van der Waals surface area contributed by atoms with Crippen molar-refractivity contribution in [2.45, 2.75) is 75.7 Å². The van der Waals surface area contributed by atoms with Gasteiger partial charge in [0.1, 0.15) is 21.3 Å². The van der Waals surface area contributed by atoms with E-state index in [1.165, 1.54) is 18.4 Å². The summed E-state index contributed by atoms with van der Waals surface area (Å²) in [6.07, 6.45) is 0.756. The summed E-state index contributed by atoms with van der Waals surface area (Å²) in [6, 6.07) is 5.06. The van der Waals surface area contributed by atoms with Crippen LogP contribution in [-0.4, -0.2) is 51.2 Å². The summed E-state index contributed by atoms with van der Waals surface area (Å²) in [5.74, 6) is 0.282. The molecule has 2 heterocycles. The van der Waals surface area contributed by atoms with Crippen molar-refractivity contribution in [1.29, 1.82) is 0 Å². The molecular weight excluding hydrogens is 462 g/mol. The summed E-state index contributed by atoms with van der Waals surface area (Å²) in [7, 11) is -2.25. The largest absolute Gasteiger partial charge is 0.495 e. The van der Waals surface area contributed by atoms with Gasteiger partial charge >= 0.3 is 0 Å². The average molecular weight is 494 g/mol. The minimum atomic E-state index is -3.70. The number of benzene rings is 1. The van der Waals surface area contributed by atoms with Gasteiger partial charge in [0, 0.05) is 5.56 Å². The number of imidazole rings is 1. The molecule has 10 heteroatoms. The number of nitrogens with zero attached hydrogens (tertiary/aromatic N) is 3. The van der Waals surface area contributed by atoms with Gasteiger partial charge in [-0.25, -0.2) is 17.9 Å². The Morgan fingerprint density at radius 3 is 2.39 bits per heavy atom. The number of hydrogen-bond acceptors (Lipinski definition) is 8. The van der Waals surface area contributed by atoms with Crippen LogP contribution in [0.4, 0.5) is 0 Å². The topological polar surface area (TPSA) is 114 Å². The Hall–Kier alpha value is -2.01. The first kappa shape index (κ1) is 24.1. The molecule has 1 aliphatic carbocycles. The van der Waals surface area contributed by atoms with Gasteiger partial charge in [-0.3, -0.25) is 0 Å². The number of methoxy groups -OCH3 is 1. The first-order chi connectivity index (χ1) is 15.1. The zero-order valence-electron chi connectivity index (χ0n) is 20.0. The van der Waals surface area contributed by atoms with Crippen LogP contribution in [0.15, 0.2) is 23.1 Å². The molecular formula is C23H31N3O5S2. The molecule has 2 N–H and O–H groups in total. The third-order valence-electron chi connectivity index (χ3n) is 6.92. The molecule has 0 aliphatic heterocycles. The zero-order chi connectivity index (χ0) is 24.6. The maximum atomic E-state index is 13.6. The number of ether oxygens (including phenoxy) is 1. The van der Waals surface area contributed by atoms with Crippen LogP contribution in [0.2, 0.25) is 0 Å². The van der Waals surface area contributed by atoms with Crippen molar-refractivity contribution >= 4 is 26.1 Å². The molecule has 0 radical (unpaired) electrons. The maximum Gasteiger partial charge on any atom is 0.213 e. The van der Waals surface area contributed by atoms with Gasteiger partial charge in [-0.05, 0) is 71.1 Å². The van der Waals surface area contributed by atoms with Crippen molar-refractivity contribution in [3.8, 4) is 17.0 Å². The standard InChI is InChI=1S/C23H31N3O5S2/c1-13-18(26-20(24-13)32-19(25-26)21(2,3)27)14-8-9-16(31-7)17(10-14)33(29,30)15-11-23(6,12-15)22(4,5)28/h8-10,15,27-28H,11-12H2,1-7H3/t15-,23-. The summed E-state index contributed by atoms with van der Waals surface area (Å²) >= 11 is 1.30. The number of hydrogen-bond donors (Lipinski definition) is 2. The van der Waals surface area contributed by atoms with Gasteiger partial charge in [-0.1, -0.05) is 18.3 Å². The van der Waals surface area contributed by atoms with Crippen molar-refractivity contribution in [3.63, 3.8) is 0 Å². The number of aliphatic hydroxyl groups is 2. The van der Waals surface area contributed by atoms with E-state index in [1.807, 2.05) is 13.8 Å². The second kappa shape index (κ2) is 7.49. The van der Waals surface area contributed by atoms with E-state index < -0.39 is 31.7 Å². The van der Waals surface area contributed by atoms with E-state index in [1.54, 1.807) is 50.4 Å².